The third kappa shape index (κ3) is 3.95. The van der Waals surface area contributed by atoms with E-state index < -0.39 is 0 Å². The molecule has 0 aliphatic rings. The third-order valence-corrected chi connectivity index (χ3v) is 3.23. The molecule has 19 heavy (non-hydrogen) atoms. The fraction of sp³-hybridized carbons (Fsp3) is 0.333. The summed E-state index contributed by atoms with van der Waals surface area (Å²) in [6.45, 7) is 0. The molecule has 0 atom stereocenters. The van der Waals surface area contributed by atoms with Gasteiger partial charge in [0.05, 0.1) is 0 Å². The number of ketones is 1. The molecular weight excluding hydrogens is 238 g/mol. The first-order valence-corrected chi connectivity index (χ1v) is 6.48. The van der Waals surface area contributed by atoms with Crippen molar-refractivity contribution >= 4 is 11.5 Å². The van der Waals surface area contributed by atoms with Gasteiger partial charge in [-0.15, -0.1) is 0 Å². The Morgan fingerprint density at radius 2 is 2.05 bits per heavy atom. The Labute approximate surface area is 113 Å². The van der Waals surface area contributed by atoms with Gasteiger partial charge in [-0.2, -0.15) is 5.10 Å². The molecule has 1 aromatic heterocycles. The summed E-state index contributed by atoms with van der Waals surface area (Å²) in [7, 11) is 1.90. The van der Waals surface area contributed by atoms with E-state index in [-0.39, 0.29) is 5.78 Å². The van der Waals surface area contributed by atoms with Crippen molar-refractivity contribution in [1.82, 2.24) is 9.78 Å². The molecule has 0 fully saturated rings. The molecule has 0 aliphatic carbocycles. The molecule has 1 aromatic carbocycles. The average Bonchev–Trinajstić information content (AvgIpc) is 2.80. The first kappa shape index (κ1) is 13.3. The SMILES string of the molecule is Cn1nccc1CCC(=O)CCc1cccc(N)c1. The van der Waals surface area contributed by atoms with Gasteiger partial charge in [0.15, 0.2) is 0 Å². The van der Waals surface area contributed by atoms with E-state index in [1.165, 1.54) is 0 Å². The maximum absolute atomic E-state index is 11.8. The highest BCUT2D eigenvalue weighted by Gasteiger charge is 2.06. The standard InChI is InChI=1S/C15H19N3O/c1-18-14(9-10-17-18)6-8-15(19)7-5-12-3-2-4-13(16)11-12/h2-4,9-11H,5-8,16H2,1H3. The molecule has 0 unspecified atom stereocenters. The van der Waals surface area contributed by atoms with Crippen LogP contribution in [0.25, 0.3) is 0 Å². The van der Waals surface area contributed by atoms with E-state index in [1.54, 1.807) is 6.20 Å². The number of nitrogen functional groups attached to an aromatic ring is 1. The molecular formula is C15H19N3O. The van der Waals surface area contributed by atoms with E-state index in [9.17, 15) is 4.79 Å². The number of nitrogens with zero attached hydrogens (tertiary/aromatic N) is 2. The fourth-order valence-electron chi connectivity index (χ4n) is 2.07. The molecule has 0 bridgehead atoms. The smallest absolute Gasteiger partial charge is 0.133 e. The summed E-state index contributed by atoms with van der Waals surface area (Å²) in [5.74, 6) is 0.281. The molecule has 1 heterocycles. The van der Waals surface area contributed by atoms with Crippen LogP contribution in [-0.4, -0.2) is 15.6 Å². The Balaban J connectivity index is 1.77. The topological polar surface area (TPSA) is 60.9 Å². The van der Waals surface area contributed by atoms with Crippen LogP contribution in [0.2, 0.25) is 0 Å². The summed E-state index contributed by atoms with van der Waals surface area (Å²) in [6, 6.07) is 9.66. The molecule has 2 aromatic rings. The van der Waals surface area contributed by atoms with Gasteiger partial charge >= 0.3 is 0 Å². The van der Waals surface area contributed by atoms with Gasteiger partial charge in [-0.1, -0.05) is 12.1 Å². The van der Waals surface area contributed by atoms with Crippen molar-refractivity contribution in [2.24, 2.45) is 7.05 Å². The fourth-order valence-corrected chi connectivity index (χ4v) is 2.07. The van der Waals surface area contributed by atoms with E-state index in [1.807, 2.05) is 42.1 Å². The van der Waals surface area contributed by atoms with Crippen molar-refractivity contribution in [3.05, 3.63) is 47.8 Å². The van der Waals surface area contributed by atoms with Crippen LogP contribution in [0.15, 0.2) is 36.5 Å². The zero-order chi connectivity index (χ0) is 13.7. The van der Waals surface area contributed by atoms with Gasteiger partial charge in [-0.25, -0.2) is 0 Å². The minimum absolute atomic E-state index is 0.281. The minimum atomic E-state index is 0.281. The lowest BCUT2D eigenvalue weighted by Gasteiger charge is -2.03. The zero-order valence-corrected chi connectivity index (χ0v) is 11.2. The van der Waals surface area contributed by atoms with Gasteiger partial charge in [0.1, 0.15) is 5.78 Å². The molecule has 0 spiro atoms. The highest BCUT2D eigenvalue weighted by atomic mass is 16.1. The second-order valence-corrected chi connectivity index (χ2v) is 4.73. The van der Waals surface area contributed by atoms with Crippen LogP contribution in [-0.2, 0) is 24.7 Å². The number of hydrogen-bond acceptors (Lipinski definition) is 3. The molecule has 4 nitrogen and oxygen atoms in total. The minimum Gasteiger partial charge on any atom is -0.399 e. The largest absolute Gasteiger partial charge is 0.399 e. The number of carbonyl (C=O) groups is 1. The van der Waals surface area contributed by atoms with E-state index in [2.05, 4.69) is 5.10 Å². The molecule has 0 saturated carbocycles. The summed E-state index contributed by atoms with van der Waals surface area (Å²) in [6.07, 6.45) is 4.41. The second kappa shape index (κ2) is 6.18. The average molecular weight is 257 g/mol. The lowest BCUT2D eigenvalue weighted by molar-refractivity contribution is -0.119. The molecule has 2 rings (SSSR count). The van der Waals surface area contributed by atoms with Crippen LogP contribution < -0.4 is 5.73 Å². The lowest BCUT2D eigenvalue weighted by Crippen LogP contribution is -2.05. The van der Waals surface area contributed by atoms with Crippen LogP contribution in [0.1, 0.15) is 24.1 Å². The number of hydrogen-bond donors (Lipinski definition) is 1. The number of aromatic nitrogens is 2. The van der Waals surface area contributed by atoms with Crippen LogP contribution in [0, 0.1) is 0 Å². The number of benzene rings is 1. The molecule has 2 N–H and O–H groups in total. The van der Waals surface area contributed by atoms with Crippen molar-refractivity contribution in [1.29, 1.82) is 0 Å². The third-order valence-electron chi connectivity index (χ3n) is 3.23. The Morgan fingerprint density at radius 1 is 1.26 bits per heavy atom. The number of Topliss-reactive ketones (excluding diaryl/α,β-unsaturated/α-hetero) is 1. The van der Waals surface area contributed by atoms with Gasteiger partial charge in [-0.05, 0) is 36.6 Å². The number of carbonyl (C=O) groups excluding carboxylic acids is 1. The van der Waals surface area contributed by atoms with Gasteiger partial charge in [-0.3, -0.25) is 9.48 Å². The van der Waals surface area contributed by atoms with Crippen molar-refractivity contribution in [2.45, 2.75) is 25.7 Å². The van der Waals surface area contributed by atoms with Crippen molar-refractivity contribution in [3.8, 4) is 0 Å². The number of aryl methyl sites for hydroxylation is 3. The molecule has 4 heteroatoms. The van der Waals surface area contributed by atoms with Gasteiger partial charge < -0.3 is 5.73 Å². The Morgan fingerprint density at radius 3 is 2.74 bits per heavy atom. The maximum atomic E-state index is 11.8. The van der Waals surface area contributed by atoms with E-state index in [4.69, 9.17) is 5.73 Å². The van der Waals surface area contributed by atoms with Crippen molar-refractivity contribution in [3.63, 3.8) is 0 Å². The first-order chi connectivity index (χ1) is 9.15. The van der Waals surface area contributed by atoms with Gasteiger partial charge in [0, 0.05) is 37.5 Å². The van der Waals surface area contributed by atoms with E-state index in [0.29, 0.717) is 12.8 Å². The molecule has 100 valence electrons. The number of nitrogens with two attached hydrogens (primary N) is 1. The summed E-state index contributed by atoms with van der Waals surface area (Å²) in [5, 5.41) is 4.09. The van der Waals surface area contributed by atoms with E-state index >= 15 is 0 Å². The molecule has 0 radical (unpaired) electrons. The van der Waals surface area contributed by atoms with Gasteiger partial charge in [0.25, 0.3) is 0 Å². The van der Waals surface area contributed by atoms with Crippen LogP contribution in [0.3, 0.4) is 0 Å². The highest BCUT2D eigenvalue weighted by Crippen LogP contribution is 2.10. The Kier molecular flexibility index (Phi) is 4.34. The quantitative estimate of drug-likeness (QED) is 0.806. The zero-order valence-electron chi connectivity index (χ0n) is 11.2. The summed E-state index contributed by atoms with van der Waals surface area (Å²) < 4.78 is 1.81. The van der Waals surface area contributed by atoms with Gasteiger partial charge in [0.2, 0.25) is 0 Å². The van der Waals surface area contributed by atoms with Crippen LogP contribution >= 0.6 is 0 Å². The summed E-state index contributed by atoms with van der Waals surface area (Å²) in [4.78, 5) is 11.8. The van der Waals surface area contributed by atoms with Crippen molar-refractivity contribution in [2.75, 3.05) is 5.73 Å². The molecule has 0 aliphatic heterocycles. The van der Waals surface area contributed by atoms with Crippen LogP contribution in [0.5, 0.6) is 0 Å². The number of anilines is 1. The maximum Gasteiger partial charge on any atom is 0.133 e. The first-order valence-electron chi connectivity index (χ1n) is 6.48. The monoisotopic (exact) mass is 257 g/mol. The van der Waals surface area contributed by atoms with Crippen LogP contribution in [0.4, 0.5) is 5.69 Å². The Bertz CT molecular complexity index is 560. The second-order valence-electron chi connectivity index (χ2n) is 4.73. The summed E-state index contributed by atoms with van der Waals surface area (Å²) in [5.41, 5.74) is 8.67. The molecule has 0 amide bonds. The number of rotatable bonds is 6. The summed E-state index contributed by atoms with van der Waals surface area (Å²) >= 11 is 0. The predicted molar refractivity (Wildman–Crippen MR) is 75.7 cm³/mol. The lowest BCUT2D eigenvalue weighted by atomic mass is 10.0. The predicted octanol–water partition coefficient (Wildman–Crippen LogP) is 2.14. The normalized spacial score (nSPS) is 10.6. The Hall–Kier alpha value is -2.10. The highest BCUT2D eigenvalue weighted by molar-refractivity contribution is 5.78. The van der Waals surface area contributed by atoms with E-state index in [0.717, 1.165) is 29.8 Å². The molecule has 0 saturated heterocycles. The van der Waals surface area contributed by atoms with Crippen molar-refractivity contribution < 1.29 is 4.79 Å².